The Morgan fingerprint density at radius 1 is 1.22 bits per heavy atom. The molecule has 0 bridgehead atoms. The first-order valence-electron chi connectivity index (χ1n) is 4.24. The van der Waals surface area contributed by atoms with Gasteiger partial charge >= 0.3 is 5.79 Å². The van der Waals surface area contributed by atoms with Gasteiger partial charge in [0.05, 0.1) is 0 Å². The molecule has 0 aromatic carbocycles. The molecular weight excluding hydrogens is 256 g/mol. The zero-order valence-corrected chi connectivity index (χ0v) is 8.79. The molecule has 0 saturated heterocycles. The second-order valence-corrected chi connectivity index (χ2v) is 3.02. The molecule has 0 atom stereocenters. The van der Waals surface area contributed by atoms with Crippen LogP contribution in [0.4, 0.5) is 0 Å². The molecule has 0 radical (unpaired) electrons. The van der Waals surface area contributed by atoms with Gasteiger partial charge in [-0.3, -0.25) is 35.8 Å². The summed E-state index contributed by atoms with van der Waals surface area (Å²) in [6.45, 7) is 0.172. The van der Waals surface area contributed by atoms with Crippen LogP contribution in [0.5, 0.6) is 0 Å². The number of tetrazole rings is 1. The smallest absolute Gasteiger partial charge is 0.285 e. The molecule has 14 nitrogen and oxygen atoms in total. The molecule has 1 rings (SSSR count). The minimum Gasteiger partial charge on any atom is -0.285 e. The quantitative estimate of drug-likeness (QED) is 0.341. The Balaban J connectivity index is 3.00. The van der Waals surface area contributed by atoms with Gasteiger partial charge in [0.15, 0.2) is 20.6 Å². The molecule has 98 valence electrons. The van der Waals surface area contributed by atoms with Crippen molar-refractivity contribution in [3.63, 3.8) is 0 Å². The lowest BCUT2D eigenvalue weighted by molar-refractivity contribution is -0.965. The van der Waals surface area contributed by atoms with Gasteiger partial charge in [-0.1, -0.05) is 0 Å². The van der Waals surface area contributed by atoms with Gasteiger partial charge in [0.1, 0.15) is 0 Å². The van der Waals surface area contributed by atoms with E-state index in [1.54, 1.807) is 0 Å². The van der Waals surface area contributed by atoms with Gasteiger partial charge in [-0.25, -0.2) is 0 Å². The normalized spacial score (nSPS) is 10.9. The predicted octanol–water partition coefficient (Wildman–Crippen LogP) is -1.99. The average Bonchev–Trinajstić information content (AvgIpc) is 2.63. The summed E-state index contributed by atoms with van der Waals surface area (Å²) in [6.07, 6.45) is 0. The van der Waals surface area contributed by atoms with Crippen LogP contribution in [0.15, 0.2) is 0 Å². The lowest BCUT2D eigenvalue weighted by Crippen LogP contribution is -2.59. The van der Waals surface area contributed by atoms with Crippen LogP contribution in [0.2, 0.25) is 0 Å². The fourth-order valence-corrected chi connectivity index (χ4v) is 0.952. The van der Waals surface area contributed by atoms with E-state index < -0.39 is 27.1 Å². The van der Waals surface area contributed by atoms with E-state index in [-0.39, 0.29) is 5.82 Å². The van der Waals surface area contributed by atoms with Gasteiger partial charge in [-0.15, -0.1) is 9.89 Å². The second-order valence-electron chi connectivity index (χ2n) is 3.02. The Morgan fingerprint density at radius 3 is 2.06 bits per heavy atom. The van der Waals surface area contributed by atoms with E-state index in [0.29, 0.717) is 0 Å². The maximum atomic E-state index is 10.6. The number of nitro groups is 3. The number of rotatable bonds is 6. The van der Waals surface area contributed by atoms with Gasteiger partial charge in [-0.2, -0.15) is 0 Å². The monoisotopic (exact) mass is 262 g/mol. The molecule has 0 amide bonds. The summed E-state index contributed by atoms with van der Waals surface area (Å²) in [5, 5.41) is 41.5. The average molecular weight is 262 g/mol. The minimum atomic E-state index is -3.60. The summed E-state index contributed by atoms with van der Waals surface area (Å²) < 4.78 is 0. The highest BCUT2D eigenvalue weighted by atomic mass is 16.7. The first kappa shape index (κ1) is 13.1. The molecule has 0 aliphatic rings. The number of nitrogens with one attached hydrogen (secondary N) is 1. The van der Waals surface area contributed by atoms with Crippen molar-refractivity contribution in [3.8, 4) is 0 Å². The fourth-order valence-electron chi connectivity index (χ4n) is 0.952. The van der Waals surface area contributed by atoms with Crippen LogP contribution in [-0.2, 0) is 0 Å². The Labute approximate surface area is 97.0 Å². The molecule has 1 aromatic rings. The van der Waals surface area contributed by atoms with Crippen molar-refractivity contribution in [2.45, 2.75) is 12.7 Å². The molecule has 1 aromatic heterocycles. The number of hydrogen-bond acceptors (Lipinski definition) is 10. The van der Waals surface area contributed by atoms with E-state index in [2.05, 4.69) is 15.5 Å². The van der Waals surface area contributed by atoms with Crippen molar-refractivity contribution in [1.29, 1.82) is 0 Å². The largest absolute Gasteiger partial charge is 0.718 e. The molecular formula is C4H6N8O6. The first-order chi connectivity index (χ1) is 8.32. The standard InChI is InChI=1S/C4H6N8O6/c1-3-6-7-8-9(3)5-2-4(10(13)14,11(15)16)12(17)18/h5H,2H2,1H3. The molecule has 0 fully saturated rings. The third kappa shape index (κ3) is 1.97. The van der Waals surface area contributed by atoms with E-state index >= 15 is 0 Å². The second kappa shape index (κ2) is 4.52. The van der Waals surface area contributed by atoms with Crippen molar-refractivity contribution >= 4 is 0 Å². The summed E-state index contributed by atoms with van der Waals surface area (Å²) in [7, 11) is 0. The number of aryl methyl sites for hydroxylation is 1. The van der Waals surface area contributed by atoms with E-state index in [4.69, 9.17) is 0 Å². The molecule has 1 N–H and O–H groups in total. The molecule has 0 spiro atoms. The highest BCUT2D eigenvalue weighted by Crippen LogP contribution is 2.11. The molecule has 0 aliphatic heterocycles. The highest BCUT2D eigenvalue weighted by Gasteiger charge is 2.70. The van der Waals surface area contributed by atoms with Crippen LogP contribution in [0.25, 0.3) is 0 Å². The fraction of sp³-hybridized carbons (Fsp3) is 0.750. The molecule has 1 heterocycles. The summed E-state index contributed by atoms with van der Waals surface area (Å²) in [5.41, 5.74) is 2.03. The van der Waals surface area contributed by atoms with Crippen molar-refractivity contribution in [3.05, 3.63) is 36.2 Å². The van der Waals surface area contributed by atoms with Crippen LogP contribution >= 0.6 is 0 Å². The van der Waals surface area contributed by atoms with Crippen LogP contribution in [-0.4, -0.2) is 47.4 Å². The summed E-state index contributed by atoms with van der Waals surface area (Å²) in [5.74, 6) is -3.47. The number of aromatic nitrogens is 4. The Kier molecular flexibility index (Phi) is 3.30. The van der Waals surface area contributed by atoms with Crippen LogP contribution in [0, 0.1) is 37.3 Å². The van der Waals surface area contributed by atoms with Crippen molar-refractivity contribution in [2.75, 3.05) is 12.0 Å². The predicted molar refractivity (Wildman–Crippen MR) is 50.5 cm³/mol. The molecule has 18 heavy (non-hydrogen) atoms. The lowest BCUT2D eigenvalue weighted by atomic mass is 10.4. The van der Waals surface area contributed by atoms with Gasteiger partial charge < -0.3 is 0 Å². The van der Waals surface area contributed by atoms with Crippen LogP contribution in [0.1, 0.15) is 5.82 Å². The van der Waals surface area contributed by atoms with Crippen molar-refractivity contribution in [1.82, 2.24) is 20.3 Å². The highest BCUT2D eigenvalue weighted by molar-refractivity contribution is 4.80. The third-order valence-electron chi connectivity index (χ3n) is 1.97. The maximum absolute atomic E-state index is 10.6. The SMILES string of the molecule is Cc1nnnn1NCC([N+](=O)[O-])([N+](=O)[O-])[N+](=O)[O-]. The van der Waals surface area contributed by atoms with Gasteiger partial charge in [0.2, 0.25) is 0 Å². The summed E-state index contributed by atoms with van der Waals surface area (Å²) >= 11 is 0. The van der Waals surface area contributed by atoms with Crippen molar-refractivity contribution in [2.24, 2.45) is 0 Å². The minimum absolute atomic E-state index is 0.124. The zero-order chi connectivity index (χ0) is 13.9. The van der Waals surface area contributed by atoms with E-state index in [9.17, 15) is 30.3 Å². The van der Waals surface area contributed by atoms with Crippen LogP contribution in [0.3, 0.4) is 0 Å². The third-order valence-corrected chi connectivity index (χ3v) is 1.97. The Bertz CT molecular complexity index is 459. The maximum Gasteiger partial charge on any atom is 0.718 e. The molecule has 0 aliphatic carbocycles. The number of hydrogen-bond donors (Lipinski definition) is 1. The van der Waals surface area contributed by atoms with Crippen LogP contribution < -0.4 is 5.43 Å². The molecule has 0 unspecified atom stereocenters. The lowest BCUT2D eigenvalue weighted by Gasteiger charge is -2.10. The Morgan fingerprint density at radius 2 is 1.72 bits per heavy atom. The topological polar surface area (TPSA) is 185 Å². The van der Waals surface area contributed by atoms with Crippen molar-refractivity contribution < 1.29 is 14.8 Å². The molecule has 14 heteroatoms. The van der Waals surface area contributed by atoms with E-state index in [1.165, 1.54) is 6.92 Å². The van der Waals surface area contributed by atoms with E-state index in [1.807, 2.05) is 5.43 Å². The first-order valence-corrected chi connectivity index (χ1v) is 4.24. The summed E-state index contributed by atoms with van der Waals surface area (Å²) in [4.78, 5) is 27.7. The van der Waals surface area contributed by atoms with Gasteiger partial charge in [-0.05, 0) is 17.4 Å². The molecule has 0 saturated carbocycles. The van der Waals surface area contributed by atoms with E-state index in [0.717, 1.165) is 4.79 Å². The zero-order valence-electron chi connectivity index (χ0n) is 8.79. The van der Waals surface area contributed by atoms with Gasteiger partial charge in [0.25, 0.3) is 6.54 Å². The summed E-state index contributed by atoms with van der Waals surface area (Å²) in [6, 6.07) is 0. The Hall–Kier alpha value is -2.93. The van der Waals surface area contributed by atoms with Gasteiger partial charge in [0, 0.05) is 0 Å². The number of nitrogens with zero attached hydrogens (tertiary/aromatic N) is 7.